The van der Waals surface area contributed by atoms with Gasteiger partial charge in [0.2, 0.25) is 0 Å². The molecule has 8 aromatic rings. The van der Waals surface area contributed by atoms with Crippen molar-refractivity contribution in [3.8, 4) is 11.1 Å². The van der Waals surface area contributed by atoms with Crippen molar-refractivity contribution in [1.82, 2.24) is 0 Å². The molecule has 0 radical (unpaired) electrons. The Morgan fingerprint density at radius 3 is 1.85 bits per heavy atom. The van der Waals surface area contributed by atoms with E-state index in [1.165, 1.54) is 32.7 Å². The van der Waals surface area contributed by atoms with Crippen LogP contribution in [0.25, 0.3) is 54.6 Å². The lowest BCUT2D eigenvalue weighted by Gasteiger charge is -2.27. The maximum atomic E-state index is 6.56. The number of hydrogen-bond donors (Lipinski definition) is 0. The minimum absolute atomic E-state index is 0.882. The van der Waals surface area contributed by atoms with Crippen LogP contribution < -0.4 is 4.90 Å². The zero-order valence-electron chi connectivity index (χ0n) is 21.8. The lowest BCUT2D eigenvalue weighted by Crippen LogP contribution is -2.11. The van der Waals surface area contributed by atoms with Crippen molar-refractivity contribution in [1.29, 1.82) is 0 Å². The minimum atomic E-state index is 0.882. The number of rotatable bonds is 4. The molecule has 7 aromatic carbocycles. The van der Waals surface area contributed by atoms with Gasteiger partial charge in [0.05, 0.1) is 11.4 Å². The first-order valence-corrected chi connectivity index (χ1v) is 13.6. The van der Waals surface area contributed by atoms with Gasteiger partial charge in [0.1, 0.15) is 5.58 Å². The molecule has 0 amide bonds. The van der Waals surface area contributed by atoms with Gasteiger partial charge in [-0.3, -0.25) is 0 Å². The predicted molar refractivity (Wildman–Crippen MR) is 169 cm³/mol. The molecule has 0 aliphatic rings. The predicted octanol–water partition coefficient (Wildman–Crippen LogP) is 11.0. The minimum Gasteiger partial charge on any atom is -0.454 e. The molecule has 0 saturated carbocycles. The standard InChI is InChI=1S/C38H25NO/c1-2-11-26(12-3-1)27-21-23-29(24-22-27)39(35-19-10-18-34-33-17-8-9-20-37(33)40-38(34)35)36-25-28-13-4-5-14-30(28)31-15-6-7-16-32(31)36/h1-25H. The topological polar surface area (TPSA) is 16.4 Å². The van der Waals surface area contributed by atoms with E-state index in [1.807, 2.05) is 12.1 Å². The van der Waals surface area contributed by atoms with Gasteiger partial charge < -0.3 is 9.32 Å². The van der Waals surface area contributed by atoms with Crippen molar-refractivity contribution in [3.05, 3.63) is 152 Å². The van der Waals surface area contributed by atoms with Crippen LogP contribution in [0.5, 0.6) is 0 Å². The molecule has 0 bridgehead atoms. The van der Waals surface area contributed by atoms with Crippen molar-refractivity contribution in [3.63, 3.8) is 0 Å². The van der Waals surface area contributed by atoms with Gasteiger partial charge in [-0.25, -0.2) is 0 Å². The smallest absolute Gasteiger partial charge is 0.159 e. The van der Waals surface area contributed by atoms with Crippen molar-refractivity contribution in [2.24, 2.45) is 0 Å². The summed E-state index contributed by atoms with van der Waals surface area (Å²) in [6.45, 7) is 0. The summed E-state index contributed by atoms with van der Waals surface area (Å²) in [5.41, 5.74) is 7.39. The van der Waals surface area contributed by atoms with Gasteiger partial charge in [0, 0.05) is 21.8 Å². The molecule has 0 spiro atoms. The molecular weight excluding hydrogens is 486 g/mol. The van der Waals surface area contributed by atoms with Crippen LogP contribution in [0.3, 0.4) is 0 Å². The Kier molecular flexibility index (Phi) is 5.17. The maximum absolute atomic E-state index is 6.56. The molecule has 2 heteroatoms. The van der Waals surface area contributed by atoms with E-state index in [4.69, 9.17) is 4.42 Å². The first-order valence-electron chi connectivity index (χ1n) is 13.6. The second-order valence-electron chi connectivity index (χ2n) is 10.2. The van der Waals surface area contributed by atoms with Crippen LogP contribution in [0, 0.1) is 0 Å². The quantitative estimate of drug-likeness (QED) is 0.218. The summed E-state index contributed by atoms with van der Waals surface area (Å²) in [7, 11) is 0. The third kappa shape index (κ3) is 3.58. The molecule has 0 aliphatic heterocycles. The van der Waals surface area contributed by atoms with Crippen molar-refractivity contribution in [2.75, 3.05) is 4.90 Å². The molecule has 0 aliphatic carbocycles. The summed E-state index contributed by atoms with van der Waals surface area (Å²) in [6.07, 6.45) is 0. The van der Waals surface area contributed by atoms with Crippen LogP contribution in [0.2, 0.25) is 0 Å². The average molecular weight is 512 g/mol. The third-order valence-corrected chi connectivity index (χ3v) is 7.84. The van der Waals surface area contributed by atoms with E-state index in [9.17, 15) is 0 Å². The van der Waals surface area contributed by atoms with E-state index < -0.39 is 0 Å². The highest BCUT2D eigenvalue weighted by Crippen LogP contribution is 2.46. The van der Waals surface area contributed by atoms with E-state index in [0.29, 0.717) is 0 Å². The first-order chi connectivity index (χ1) is 19.8. The van der Waals surface area contributed by atoms with E-state index in [-0.39, 0.29) is 0 Å². The van der Waals surface area contributed by atoms with Crippen molar-refractivity contribution < 1.29 is 4.42 Å². The fourth-order valence-corrected chi connectivity index (χ4v) is 5.97. The Bertz CT molecular complexity index is 2160. The highest BCUT2D eigenvalue weighted by atomic mass is 16.3. The Hall–Kier alpha value is -5.34. The van der Waals surface area contributed by atoms with Crippen LogP contribution in [0.4, 0.5) is 17.1 Å². The van der Waals surface area contributed by atoms with Crippen molar-refractivity contribution in [2.45, 2.75) is 0 Å². The van der Waals surface area contributed by atoms with Gasteiger partial charge in [-0.2, -0.15) is 0 Å². The number of fused-ring (bicyclic) bond motifs is 6. The SMILES string of the molecule is c1ccc(-c2ccc(N(c3cc4ccccc4c4ccccc34)c3cccc4c3oc3ccccc34)cc2)cc1. The van der Waals surface area contributed by atoms with E-state index in [2.05, 4.69) is 144 Å². The summed E-state index contributed by atoms with van der Waals surface area (Å²) < 4.78 is 6.56. The number of anilines is 3. The number of benzene rings is 7. The maximum Gasteiger partial charge on any atom is 0.159 e. The second kappa shape index (κ2) is 9.14. The van der Waals surface area contributed by atoms with Crippen LogP contribution in [0.1, 0.15) is 0 Å². The van der Waals surface area contributed by atoms with Gasteiger partial charge >= 0.3 is 0 Å². The van der Waals surface area contributed by atoms with Gasteiger partial charge in [-0.1, -0.05) is 121 Å². The van der Waals surface area contributed by atoms with Gasteiger partial charge in [-0.05, 0) is 57.6 Å². The summed E-state index contributed by atoms with van der Waals surface area (Å²) in [4.78, 5) is 2.36. The van der Waals surface area contributed by atoms with E-state index in [0.717, 1.165) is 39.0 Å². The van der Waals surface area contributed by atoms with E-state index in [1.54, 1.807) is 0 Å². The fraction of sp³-hybridized carbons (Fsp3) is 0. The summed E-state index contributed by atoms with van der Waals surface area (Å²) in [5.74, 6) is 0. The summed E-state index contributed by atoms with van der Waals surface area (Å²) in [5, 5.41) is 7.13. The van der Waals surface area contributed by atoms with Crippen LogP contribution >= 0.6 is 0 Å². The molecule has 0 atom stereocenters. The molecule has 0 N–H and O–H groups in total. The Morgan fingerprint density at radius 1 is 0.400 bits per heavy atom. The van der Waals surface area contributed by atoms with E-state index >= 15 is 0 Å². The van der Waals surface area contributed by atoms with Crippen molar-refractivity contribution >= 4 is 60.5 Å². The monoisotopic (exact) mass is 511 g/mol. The molecule has 0 unspecified atom stereocenters. The lowest BCUT2D eigenvalue weighted by molar-refractivity contribution is 0.669. The fourth-order valence-electron chi connectivity index (χ4n) is 5.97. The highest BCUT2D eigenvalue weighted by molar-refractivity contribution is 6.16. The largest absolute Gasteiger partial charge is 0.454 e. The summed E-state index contributed by atoms with van der Waals surface area (Å²) in [6, 6.07) is 53.7. The zero-order chi connectivity index (χ0) is 26.5. The molecule has 40 heavy (non-hydrogen) atoms. The molecule has 8 rings (SSSR count). The van der Waals surface area contributed by atoms with Crippen LogP contribution in [-0.2, 0) is 0 Å². The lowest BCUT2D eigenvalue weighted by atomic mass is 9.98. The number of para-hydroxylation sites is 2. The molecule has 188 valence electrons. The zero-order valence-corrected chi connectivity index (χ0v) is 21.8. The Labute approximate surface area is 232 Å². The third-order valence-electron chi connectivity index (χ3n) is 7.84. The second-order valence-corrected chi connectivity index (χ2v) is 10.2. The normalized spacial score (nSPS) is 11.5. The van der Waals surface area contributed by atoms with Crippen LogP contribution in [0.15, 0.2) is 156 Å². The number of hydrogen-bond acceptors (Lipinski definition) is 2. The molecule has 2 nitrogen and oxygen atoms in total. The molecule has 1 aromatic heterocycles. The summed E-state index contributed by atoms with van der Waals surface area (Å²) >= 11 is 0. The van der Waals surface area contributed by atoms with Gasteiger partial charge in [0.25, 0.3) is 0 Å². The molecular formula is C38H25NO. The van der Waals surface area contributed by atoms with Gasteiger partial charge in [-0.15, -0.1) is 0 Å². The first kappa shape index (κ1) is 22.6. The number of furan rings is 1. The average Bonchev–Trinajstić information content (AvgIpc) is 3.42. The van der Waals surface area contributed by atoms with Gasteiger partial charge in [0.15, 0.2) is 5.58 Å². The molecule has 0 saturated heterocycles. The molecule has 0 fully saturated rings. The molecule has 1 heterocycles. The Balaban J connectivity index is 1.43. The number of nitrogens with zero attached hydrogens (tertiary/aromatic N) is 1. The Morgan fingerprint density at radius 2 is 1.02 bits per heavy atom. The van der Waals surface area contributed by atoms with Crippen LogP contribution in [-0.4, -0.2) is 0 Å². The highest BCUT2D eigenvalue weighted by Gasteiger charge is 2.21.